The highest BCUT2D eigenvalue weighted by atomic mass is 16.6. The van der Waals surface area contributed by atoms with Crippen molar-refractivity contribution in [1.29, 1.82) is 0 Å². The minimum Gasteiger partial charge on any atom is -0.391 e. The van der Waals surface area contributed by atoms with Gasteiger partial charge in [-0.1, -0.05) is 26.7 Å². The Morgan fingerprint density at radius 2 is 1.95 bits per heavy atom. The largest absolute Gasteiger partial charge is 0.391 e. The summed E-state index contributed by atoms with van der Waals surface area (Å²) < 4.78 is 0. The predicted octanol–water partition coefficient (Wildman–Crippen LogP) is 3.35. The van der Waals surface area contributed by atoms with Gasteiger partial charge in [0.2, 0.25) is 0 Å². The molecule has 0 atom stereocenters. The van der Waals surface area contributed by atoms with E-state index in [0.717, 1.165) is 31.6 Å². The van der Waals surface area contributed by atoms with Crippen LogP contribution in [0.4, 0.5) is 11.4 Å². The molecular weight excluding hydrogens is 256 g/mol. The second-order valence-corrected chi connectivity index (χ2v) is 4.95. The van der Waals surface area contributed by atoms with E-state index >= 15 is 0 Å². The normalized spacial score (nSPS) is 10.8. The molecule has 0 bridgehead atoms. The Morgan fingerprint density at radius 1 is 1.30 bits per heavy atom. The van der Waals surface area contributed by atoms with Crippen LogP contribution in [0, 0.1) is 16.0 Å². The standard InChI is InChI=1S/C15H24N2O3/c1-4-12(5-2)10-16(6-3)14-7-8-15(17(19)20)13(9-14)11-18/h7-9,12,18H,4-6,10-11H2,1-3H3. The van der Waals surface area contributed by atoms with Gasteiger partial charge in [-0.2, -0.15) is 0 Å². The van der Waals surface area contributed by atoms with Crippen LogP contribution in [0.25, 0.3) is 0 Å². The second-order valence-electron chi connectivity index (χ2n) is 4.95. The fourth-order valence-corrected chi connectivity index (χ4v) is 2.35. The molecule has 0 unspecified atom stereocenters. The van der Waals surface area contributed by atoms with Crippen LogP contribution in [-0.4, -0.2) is 23.1 Å². The molecule has 0 aliphatic heterocycles. The first-order valence-corrected chi connectivity index (χ1v) is 7.20. The number of rotatable bonds is 8. The van der Waals surface area contributed by atoms with Crippen molar-refractivity contribution in [3.05, 3.63) is 33.9 Å². The van der Waals surface area contributed by atoms with Gasteiger partial charge in [0.1, 0.15) is 0 Å². The molecule has 0 fully saturated rings. The van der Waals surface area contributed by atoms with Crippen LogP contribution < -0.4 is 4.90 Å². The summed E-state index contributed by atoms with van der Waals surface area (Å²) in [5.74, 6) is 0.614. The van der Waals surface area contributed by atoms with Crippen LogP contribution in [0.3, 0.4) is 0 Å². The molecule has 1 N–H and O–H groups in total. The van der Waals surface area contributed by atoms with Gasteiger partial charge in [0.05, 0.1) is 17.1 Å². The summed E-state index contributed by atoms with van der Waals surface area (Å²) in [6, 6.07) is 4.98. The third kappa shape index (κ3) is 3.93. The lowest BCUT2D eigenvalue weighted by Crippen LogP contribution is -2.29. The van der Waals surface area contributed by atoms with E-state index in [0.29, 0.717) is 11.5 Å². The molecule has 5 heteroatoms. The molecule has 0 spiro atoms. The van der Waals surface area contributed by atoms with Crippen molar-refractivity contribution in [2.75, 3.05) is 18.0 Å². The average Bonchev–Trinajstić information content (AvgIpc) is 2.47. The third-order valence-electron chi connectivity index (χ3n) is 3.81. The molecule has 1 rings (SSSR count). The smallest absolute Gasteiger partial charge is 0.275 e. The molecule has 1 aromatic rings. The van der Waals surface area contributed by atoms with Crippen molar-refractivity contribution in [3.63, 3.8) is 0 Å². The molecule has 0 saturated heterocycles. The number of nitro groups is 1. The van der Waals surface area contributed by atoms with Crippen LogP contribution >= 0.6 is 0 Å². The van der Waals surface area contributed by atoms with Crippen LogP contribution in [0.5, 0.6) is 0 Å². The molecule has 0 aromatic heterocycles. The van der Waals surface area contributed by atoms with Gasteiger partial charge < -0.3 is 10.0 Å². The van der Waals surface area contributed by atoms with Gasteiger partial charge in [0.15, 0.2) is 0 Å². The molecule has 0 radical (unpaired) electrons. The van der Waals surface area contributed by atoms with Gasteiger partial charge in [-0.3, -0.25) is 10.1 Å². The number of hydrogen-bond acceptors (Lipinski definition) is 4. The number of aliphatic hydroxyl groups is 1. The van der Waals surface area contributed by atoms with Gasteiger partial charge in [-0.05, 0) is 25.0 Å². The summed E-state index contributed by atoms with van der Waals surface area (Å²) in [5, 5.41) is 20.2. The number of hydrogen-bond donors (Lipinski definition) is 1. The van der Waals surface area contributed by atoms with Gasteiger partial charge in [-0.15, -0.1) is 0 Å². The predicted molar refractivity (Wildman–Crippen MR) is 81.0 cm³/mol. The van der Waals surface area contributed by atoms with E-state index < -0.39 is 4.92 Å². The van der Waals surface area contributed by atoms with Crippen molar-refractivity contribution in [2.24, 2.45) is 5.92 Å². The fraction of sp³-hybridized carbons (Fsp3) is 0.600. The maximum absolute atomic E-state index is 10.9. The van der Waals surface area contributed by atoms with Crippen LogP contribution in [0.15, 0.2) is 18.2 Å². The maximum atomic E-state index is 10.9. The first-order valence-electron chi connectivity index (χ1n) is 7.20. The topological polar surface area (TPSA) is 66.6 Å². The average molecular weight is 280 g/mol. The lowest BCUT2D eigenvalue weighted by molar-refractivity contribution is -0.385. The highest BCUT2D eigenvalue weighted by Gasteiger charge is 2.16. The zero-order chi connectivity index (χ0) is 15.1. The number of benzene rings is 1. The van der Waals surface area contributed by atoms with E-state index in [2.05, 4.69) is 25.7 Å². The Bertz CT molecular complexity index is 445. The summed E-state index contributed by atoms with van der Waals surface area (Å²) in [6.45, 7) is 7.90. The Labute approximate surface area is 120 Å². The van der Waals surface area contributed by atoms with Gasteiger partial charge in [0, 0.05) is 24.8 Å². The first-order chi connectivity index (χ1) is 9.57. The van der Waals surface area contributed by atoms with E-state index in [4.69, 9.17) is 0 Å². The van der Waals surface area contributed by atoms with Crippen LogP contribution in [-0.2, 0) is 6.61 Å². The van der Waals surface area contributed by atoms with Crippen molar-refractivity contribution < 1.29 is 10.0 Å². The molecule has 112 valence electrons. The van der Waals surface area contributed by atoms with E-state index in [1.54, 1.807) is 12.1 Å². The first kappa shape index (κ1) is 16.4. The molecule has 1 aromatic carbocycles. The molecule has 0 aliphatic rings. The van der Waals surface area contributed by atoms with Gasteiger partial charge in [0.25, 0.3) is 5.69 Å². The molecule has 0 amide bonds. The van der Waals surface area contributed by atoms with E-state index in [9.17, 15) is 15.2 Å². The number of anilines is 1. The Balaban J connectivity index is 3.01. The van der Waals surface area contributed by atoms with Crippen LogP contribution in [0.1, 0.15) is 39.2 Å². The minimum absolute atomic E-state index is 0.0187. The zero-order valence-electron chi connectivity index (χ0n) is 12.5. The van der Waals surface area contributed by atoms with Gasteiger partial charge in [-0.25, -0.2) is 0 Å². The summed E-state index contributed by atoms with van der Waals surface area (Å²) in [7, 11) is 0. The summed E-state index contributed by atoms with van der Waals surface area (Å²) >= 11 is 0. The van der Waals surface area contributed by atoms with Crippen molar-refractivity contribution in [1.82, 2.24) is 0 Å². The van der Waals surface area contributed by atoms with Gasteiger partial charge >= 0.3 is 0 Å². The fourth-order valence-electron chi connectivity index (χ4n) is 2.35. The highest BCUT2D eigenvalue weighted by molar-refractivity contribution is 5.55. The van der Waals surface area contributed by atoms with E-state index in [1.165, 1.54) is 6.07 Å². The van der Waals surface area contributed by atoms with E-state index in [-0.39, 0.29) is 12.3 Å². The molecule has 5 nitrogen and oxygen atoms in total. The monoisotopic (exact) mass is 280 g/mol. The SMILES string of the molecule is CCC(CC)CN(CC)c1ccc([N+](=O)[O-])c(CO)c1. The number of aliphatic hydroxyl groups excluding tert-OH is 1. The Kier molecular flexibility index (Phi) is 6.45. The molecule has 20 heavy (non-hydrogen) atoms. The summed E-state index contributed by atoms with van der Waals surface area (Å²) in [4.78, 5) is 12.6. The van der Waals surface area contributed by atoms with Crippen LogP contribution in [0.2, 0.25) is 0 Å². The summed E-state index contributed by atoms with van der Waals surface area (Å²) in [5.41, 5.74) is 1.29. The number of nitro benzene ring substituents is 1. The van der Waals surface area contributed by atoms with Crippen molar-refractivity contribution >= 4 is 11.4 Å². The lowest BCUT2D eigenvalue weighted by atomic mass is 10.0. The minimum atomic E-state index is -0.452. The molecule has 0 aliphatic carbocycles. The Hall–Kier alpha value is -1.62. The zero-order valence-corrected chi connectivity index (χ0v) is 12.5. The lowest BCUT2D eigenvalue weighted by Gasteiger charge is -2.27. The highest BCUT2D eigenvalue weighted by Crippen LogP contribution is 2.26. The third-order valence-corrected chi connectivity index (χ3v) is 3.81. The molecule has 0 heterocycles. The quantitative estimate of drug-likeness (QED) is 0.585. The number of nitrogens with zero attached hydrogens (tertiary/aromatic N) is 2. The van der Waals surface area contributed by atoms with Crippen molar-refractivity contribution in [2.45, 2.75) is 40.2 Å². The maximum Gasteiger partial charge on any atom is 0.275 e. The second kappa shape index (κ2) is 7.85. The summed E-state index contributed by atoms with van der Waals surface area (Å²) in [6.07, 6.45) is 2.24. The molecule has 0 saturated carbocycles. The van der Waals surface area contributed by atoms with Crippen molar-refractivity contribution in [3.8, 4) is 0 Å². The van der Waals surface area contributed by atoms with E-state index in [1.807, 2.05) is 0 Å². The molecular formula is C15H24N2O3. The Morgan fingerprint density at radius 3 is 2.40 bits per heavy atom.